The monoisotopic (exact) mass is 283 g/mol. The number of rotatable bonds is 2. The number of amides is 1. The summed E-state index contributed by atoms with van der Waals surface area (Å²) in [7, 11) is 0. The summed E-state index contributed by atoms with van der Waals surface area (Å²) in [4.78, 5) is 18.2. The second kappa shape index (κ2) is 4.88. The molecule has 1 unspecified atom stereocenters. The molecule has 0 radical (unpaired) electrons. The summed E-state index contributed by atoms with van der Waals surface area (Å²) in [5, 5.41) is 4.34. The van der Waals surface area contributed by atoms with E-state index < -0.39 is 0 Å². The number of fused-ring (bicyclic) bond motifs is 4. The Morgan fingerprint density at radius 3 is 2.81 bits per heavy atom. The number of hydrogen-bond donors (Lipinski definition) is 2. The van der Waals surface area contributed by atoms with Gasteiger partial charge in [-0.3, -0.25) is 4.79 Å². The van der Waals surface area contributed by atoms with E-state index in [9.17, 15) is 4.79 Å². The third-order valence-corrected chi connectivity index (χ3v) is 4.99. The first-order valence-electron chi connectivity index (χ1n) is 7.81. The predicted molar refractivity (Wildman–Crippen MR) is 83.5 cm³/mol. The summed E-state index contributed by atoms with van der Waals surface area (Å²) < 4.78 is 0. The Morgan fingerprint density at radius 2 is 2.10 bits per heavy atom. The van der Waals surface area contributed by atoms with Gasteiger partial charge in [0.1, 0.15) is 5.69 Å². The van der Waals surface area contributed by atoms with Crippen LogP contribution in [0.5, 0.6) is 0 Å². The minimum atomic E-state index is 0.0302. The highest BCUT2D eigenvalue weighted by Crippen LogP contribution is 2.27. The first-order chi connectivity index (χ1) is 10.2. The Bertz CT molecular complexity index is 682. The molecule has 3 aliphatic heterocycles. The van der Waals surface area contributed by atoms with Gasteiger partial charge in [0.25, 0.3) is 5.91 Å². The number of carbonyl (C=O) groups excluding carboxylic acids is 1. The third-order valence-electron chi connectivity index (χ3n) is 4.99. The fraction of sp³-hybridized carbons (Fsp3) is 0.471. The van der Waals surface area contributed by atoms with Crippen molar-refractivity contribution in [3.63, 3.8) is 0 Å². The third kappa shape index (κ3) is 2.33. The van der Waals surface area contributed by atoms with Crippen molar-refractivity contribution in [2.75, 3.05) is 19.6 Å². The van der Waals surface area contributed by atoms with E-state index in [1.54, 1.807) is 0 Å². The highest BCUT2D eigenvalue weighted by molar-refractivity contribution is 5.98. The van der Waals surface area contributed by atoms with Crippen LogP contribution < -0.4 is 5.32 Å². The lowest BCUT2D eigenvalue weighted by molar-refractivity contribution is 0.0618. The molecule has 3 saturated heterocycles. The van der Waals surface area contributed by atoms with Gasteiger partial charge in [-0.05, 0) is 57.0 Å². The maximum Gasteiger partial charge on any atom is 0.268 e. The number of nitrogens with zero attached hydrogens (tertiary/aromatic N) is 1. The molecule has 0 aliphatic carbocycles. The largest absolute Gasteiger partial charge is 0.351 e. The highest BCUT2D eigenvalue weighted by atomic mass is 16.2. The maximum absolute atomic E-state index is 12.5. The SMILES string of the molecule is Cc1ccc2[nH]c(C(=O)NC3CN4CCC3CC4)cc2c1. The molecule has 1 atom stereocenters. The quantitative estimate of drug-likeness (QED) is 0.888. The lowest BCUT2D eigenvalue weighted by Gasteiger charge is -2.44. The van der Waals surface area contributed by atoms with Gasteiger partial charge in [-0.1, -0.05) is 11.6 Å². The van der Waals surface area contributed by atoms with Crippen molar-refractivity contribution in [3.05, 3.63) is 35.5 Å². The van der Waals surface area contributed by atoms with Gasteiger partial charge in [-0.2, -0.15) is 0 Å². The Morgan fingerprint density at radius 1 is 1.29 bits per heavy atom. The number of nitrogens with one attached hydrogen (secondary N) is 2. The van der Waals surface area contributed by atoms with Crippen LogP contribution in [-0.4, -0.2) is 41.5 Å². The molecule has 3 aliphatic rings. The molecule has 2 bridgehead atoms. The Hall–Kier alpha value is -1.81. The van der Waals surface area contributed by atoms with E-state index in [4.69, 9.17) is 0 Å². The zero-order valence-corrected chi connectivity index (χ0v) is 12.4. The summed E-state index contributed by atoms with van der Waals surface area (Å²) in [5.41, 5.74) is 2.91. The van der Waals surface area contributed by atoms with Crippen LogP contribution in [0.3, 0.4) is 0 Å². The van der Waals surface area contributed by atoms with Gasteiger partial charge < -0.3 is 15.2 Å². The second-order valence-corrected chi connectivity index (χ2v) is 6.49. The van der Waals surface area contributed by atoms with Crippen LogP contribution in [0.1, 0.15) is 28.9 Å². The average Bonchev–Trinajstić information content (AvgIpc) is 2.91. The molecule has 4 heterocycles. The van der Waals surface area contributed by atoms with Gasteiger partial charge in [-0.15, -0.1) is 0 Å². The second-order valence-electron chi connectivity index (χ2n) is 6.49. The minimum Gasteiger partial charge on any atom is -0.351 e. The summed E-state index contributed by atoms with van der Waals surface area (Å²) >= 11 is 0. The minimum absolute atomic E-state index is 0.0302. The van der Waals surface area contributed by atoms with Crippen LogP contribution >= 0.6 is 0 Å². The van der Waals surface area contributed by atoms with Gasteiger partial charge in [-0.25, -0.2) is 0 Å². The fourth-order valence-electron chi connectivity index (χ4n) is 3.75. The molecule has 110 valence electrons. The number of benzene rings is 1. The number of aromatic nitrogens is 1. The lowest BCUT2D eigenvalue weighted by Crippen LogP contribution is -2.57. The zero-order chi connectivity index (χ0) is 14.4. The summed E-state index contributed by atoms with van der Waals surface area (Å²) in [6, 6.07) is 8.48. The molecule has 1 amide bonds. The molecule has 1 aromatic carbocycles. The van der Waals surface area contributed by atoms with Crippen molar-refractivity contribution in [2.24, 2.45) is 5.92 Å². The van der Waals surface area contributed by atoms with Crippen LogP contribution in [-0.2, 0) is 0 Å². The molecule has 1 aromatic heterocycles. The average molecular weight is 283 g/mol. The molecule has 3 fully saturated rings. The number of hydrogen-bond acceptors (Lipinski definition) is 2. The fourth-order valence-corrected chi connectivity index (χ4v) is 3.75. The van der Waals surface area contributed by atoms with Gasteiger partial charge in [0.15, 0.2) is 0 Å². The molecule has 21 heavy (non-hydrogen) atoms. The topological polar surface area (TPSA) is 48.1 Å². The van der Waals surface area contributed by atoms with Crippen LogP contribution in [0.15, 0.2) is 24.3 Å². The van der Waals surface area contributed by atoms with E-state index in [0.717, 1.165) is 17.4 Å². The van der Waals surface area contributed by atoms with E-state index in [1.165, 1.54) is 31.5 Å². The van der Waals surface area contributed by atoms with E-state index in [2.05, 4.69) is 34.3 Å². The van der Waals surface area contributed by atoms with Crippen LogP contribution in [0, 0.1) is 12.8 Å². The maximum atomic E-state index is 12.5. The Labute approximate surface area is 124 Å². The number of H-pyrrole nitrogens is 1. The molecular weight excluding hydrogens is 262 g/mol. The highest BCUT2D eigenvalue weighted by Gasteiger charge is 2.35. The molecule has 0 spiro atoms. The molecule has 2 N–H and O–H groups in total. The summed E-state index contributed by atoms with van der Waals surface area (Å²) in [6.45, 7) is 5.47. The first kappa shape index (κ1) is 12.9. The van der Waals surface area contributed by atoms with Crippen LogP contribution in [0.25, 0.3) is 10.9 Å². The van der Waals surface area contributed by atoms with E-state index in [0.29, 0.717) is 17.7 Å². The molecular formula is C17H21N3O. The zero-order valence-electron chi connectivity index (χ0n) is 12.4. The number of piperidine rings is 3. The lowest BCUT2D eigenvalue weighted by atomic mass is 9.84. The van der Waals surface area contributed by atoms with Crippen molar-refractivity contribution in [1.82, 2.24) is 15.2 Å². The molecule has 4 heteroatoms. The van der Waals surface area contributed by atoms with Gasteiger partial charge in [0, 0.05) is 23.5 Å². The van der Waals surface area contributed by atoms with Gasteiger partial charge in [0.05, 0.1) is 0 Å². The van der Waals surface area contributed by atoms with Crippen molar-refractivity contribution in [1.29, 1.82) is 0 Å². The normalized spacial score (nSPS) is 28.0. The molecule has 4 nitrogen and oxygen atoms in total. The predicted octanol–water partition coefficient (Wildman–Crippen LogP) is 2.30. The summed E-state index contributed by atoms with van der Waals surface area (Å²) in [5.74, 6) is 0.688. The van der Waals surface area contributed by atoms with Crippen LogP contribution in [0.4, 0.5) is 0 Å². The van der Waals surface area contributed by atoms with Crippen molar-refractivity contribution in [3.8, 4) is 0 Å². The van der Waals surface area contributed by atoms with Gasteiger partial charge >= 0.3 is 0 Å². The summed E-state index contributed by atoms with van der Waals surface area (Å²) in [6.07, 6.45) is 2.44. The molecule has 2 aromatic rings. The number of aryl methyl sites for hydroxylation is 1. The number of aromatic amines is 1. The van der Waals surface area contributed by atoms with Crippen LogP contribution in [0.2, 0.25) is 0 Å². The first-order valence-corrected chi connectivity index (χ1v) is 7.81. The molecule has 0 saturated carbocycles. The van der Waals surface area contributed by atoms with Crippen molar-refractivity contribution >= 4 is 16.8 Å². The van der Waals surface area contributed by atoms with Crippen molar-refractivity contribution < 1.29 is 4.79 Å². The van der Waals surface area contributed by atoms with E-state index in [-0.39, 0.29) is 5.91 Å². The smallest absolute Gasteiger partial charge is 0.268 e. The standard InChI is InChI=1S/C17H21N3O/c1-11-2-3-14-13(8-11)9-15(18-14)17(21)19-16-10-20-6-4-12(16)5-7-20/h2-3,8-9,12,16,18H,4-7,10H2,1H3,(H,19,21). The van der Waals surface area contributed by atoms with Crippen molar-refractivity contribution in [2.45, 2.75) is 25.8 Å². The van der Waals surface area contributed by atoms with E-state index >= 15 is 0 Å². The Balaban J connectivity index is 1.53. The van der Waals surface area contributed by atoms with Gasteiger partial charge in [0.2, 0.25) is 0 Å². The number of carbonyl (C=O) groups is 1. The van der Waals surface area contributed by atoms with E-state index in [1.807, 2.05) is 12.1 Å². The Kier molecular flexibility index (Phi) is 3.00. The molecule has 5 rings (SSSR count).